The number of allylic oxidation sites excluding steroid dienone is 1. The van der Waals surface area contributed by atoms with Gasteiger partial charge in [0.25, 0.3) is 0 Å². The Hall–Kier alpha value is -3.32. The van der Waals surface area contributed by atoms with Crippen LogP contribution in [0.2, 0.25) is 0 Å². The largest absolute Gasteiger partial charge is 0.504 e. The Labute approximate surface area is 162 Å². The maximum absolute atomic E-state index is 12.1. The molecule has 28 heavy (non-hydrogen) atoms. The molecule has 0 aromatic heterocycles. The zero-order chi connectivity index (χ0) is 20.7. The van der Waals surface area contributed by atoms with Gasteiger partial charge in [-0.2, -0.15) is 0 Å². The van der Waals surface area contributed by atoms with E-state index in [4.69, 9.17) is 9.47 Å². The minimum atomic E-state index is -1.11. The second kappa shape index (κ2) is 9.57. The van der Waals surface area contributed by atoms with E-state index in [-0.39, 0.29) is 35.8 Å². The Bertz CT molecular complexity index is 886. The number of ketones is 2. The van der Waals surface area contributed by atoms with Crippen LogP contribution >= 0.6 is 0 Å². The van der Waals surface area contributed by atoms with Gasteiger partial charge in [-0.05, 0) is 41.5 Å². The summed E-state index contributed by atoms with van der Waals surface area (Å²) >= 11 is 0. The van der Waals surface area contributed by atoms with Gasteiger partial charge in [-0.15, -0.1) is 0 Å². The summed E-state index contributed by atoms with van der Waals surface area (Å²) in [5.74, 6) is -0.451. The lowest BCUT2D eigenvalue weighted by molar-refractivity contribution is -0.126. The van der Waals surface area contributed by atoms with Gasteiger partial charge in [0.15, 0.2) is 28.8 Å². The highest BCUT2D eigenvalue weighted by atomic mass is 16.5. The summed E-state index contributed by atoms with van der Waals surface area (Å²) in [6.45, 7) is 0. The molecular formula is C21H22O7. The fourth-order valence-corrected chi connectivity index (χ4v) is 2.55. The van der Waals surface area contributed by atoms with E-state index in [1.165, 1.54) is 50.6 Å². The number of benzene rings is 2. The number of aliphatic hydroxyl groups is 1. The third-order valence-electron chi connectivity index (χ3n) is 4.05. The lowest BCUT2D eigenvalue weighted by Gasteiger charge is -2.12. The van der Waals surface area contributed by atoms with Gasteiger partial charge in [-0.3, -0.25) is 9.59 Å². The molecule has 0 aliphatic rings. The maximum atomic E-state index is 12.1. The van der Waals surface area contributed by atoms with Crippen molar-refractivity contribution in [2.75, 3.05) is 14.2 Å². The number of phenols is 2. The normalized spacial score (nSPS) is 12.0. The van der Waals surface area contributed by atoms with Crippen LogP contribution in [0.4, 0.5) is 0 Å². The van der Waals surface area contributed by atoms with Gasteiger partial charge in [-0.1, -0.05) is 18.2 Å². The molecule has 0 fully saturated rings. The lowest BCUT2D eigenvalue weighted by atomic mass is 10.0. The van der Waals surface area contributed by atoms with Crippen molar-refractivity contribution in [2.24, 2.45) is 0 Å². The molecule has 0 unspecified atom stereocenters. The van der Waals surface area contributed by atoms with Crippen molar-refractivity contribution in [1.82, 2.24) is 0 Å². The topological polar surface area (TPSA) is 113 Å². The van der Waals surface area contributed by atoms with E-state index in [9.17, 15) is 24.9 Å². The van der Waals surface area contributed by atoms with Crippen molar-refractivity contribution in [2.45, 2.75) is 18.9 Å². The minimum Gasteiger partial charge on any atom is -0.504 e. The molecular weight excluding hydrogens is 364 g/mol. The number of carbonyl (C=O) groups is 2. The predicted octanol–water partition coefficient (Wildman–Crippen LogP) is 2.78. The number of hydrogen-bond donors (Lipinski definition) is 3. The SMILES string of the molecule is COc1cc(C=CC(=O)CC(=O)C[C@@H](O)c2ccc(O)c(OC)c2)ccc1O. The van der Waals surface area contributed by atoms with Crippen molar-refractivity contribution in [1.29, 1.82) is 0 Å². The van der Waals surface area contributed by atoms with Crippen LogP contribution < -0.4 is 9.47 Å². The number of hydrogen-bond acceptors (Lipinski definition) is 7. The molecule has 0 heterocycles. The summed E-state index contributed by atoms with van der Waals surface area (Å²) in [5.41, 5.74) is 1.04. The van der Waals surface area contributed by atoms with Gasteiger partial charge in [0, 0.05) is 6.42 Å². The Morgan fingerprint density at radius 1 is 1.00 bits per heavy atom. The third-order valence-corrected chi connectivity index (χ3v) is 4.05. The van der Waals surface area contributed by atoms with Gasteiger partial charge in [-0.25, -0.2) is 0 Å². The van der Waals surface area contributed by atoms with Crippen LogP contribution in [0.15, 0.2) is 42.5 Å². The third kappa shape index (κ3) is 5.59. The number of methoxy groups -OCH3 is 2. The summed E-state index contributed by atoms with van der Waals surface area (Å²) in [5, 5.41) is 29.3. The van der Waals surface area contributed by atoms with Crippen molar-refractivity contribution >= 4 is 17.6 Å². The van der Waals surface area contributed by atoms with Crippen LogP contribution in [0.3, 0.4) is 0 Å². The van der Waals surface area contributed by atoms with E-state index in [0.29, 0.717) is 11.1 Å². The summed E-state index contributed by atoms with van der Waals surface area (Å²) in [4.78, 5) is 24.1. The number of rotatable bonds is 9. The monoisotopic (exact) mass is 386 g/mol. The molecule has 2 aromatic rings. The molecule has 0 aliphatic carbocycles. The highest BCUT2D eigenvalue weighted by Crippen LogP contribution is 2.30. The van der Waals surface area contributed by atoms with Gasteiger partial charge in [0.1, 0.15) is 5.78 Å². The molecule has 0 spiro atoms. The zero-order valence-electron chi connectivity index (χ0n) is 15.6. The lowest BCUT2D eigenvalue weighted by Crippen LogP contribution is -2.10. The van der Waals surface area contributed by atoms with Crippen LogP contribution in [0, 0.1) is 0 Å². The number of aromatic hydroxyl groups is 2. The molecule has 2 aromatic carbocycles. The highest BCUT2D eigenvalue weighted by Gasteiger charge is 2.16. The number of ether oxygens (including phenoxy) is 2. The standard InChI is InChI=1S/C21H22O7/c1-27-20-9-13(4-7-17(20)24)3-6-15(22)11-16(23)12-19(26)14-5-8-18(25)21(10-14)28-2/h3-10,19,24-26H,11-12H2,1-2H3/t19-/m1/s1. The van der Waals surface area contributed by atoms with Crippen LogP contribution in [0.5, 0.6) is 23.0 Å². The molecule has 148 valence electrons. The molecule has 0 amide bonds. The van der Waals surface area contributed by atoms with Gasteiger partial charge in [0.2, 0.25) is 0 Å². The van der Waals surface area contributed by atoms with Crippen molar-refractivity contribution in [3.8, 4) is 23.0 Å². The van der Waals surface area contributed by atoms with Crippen molar-refractivity contribution in [3.05, 3.63) is 53.6 Å². The molecule has 7 heteroatoms. The number of Topliss-reactive ketones (excluding diaryl/α,β-unsaturated/α-hetero) is 1. The summed E-state index contributed by atoms with van der Waals surface area (Å²) in [6.07, 6.45) is 1.08. The quantitative estimate of drug-likeness (QED) is 0.448. The number of aliphatic hydroxyl groups excluding tert-OH is 1. The van der Waals surface area contributed by atoms with E-state index >= 15 is 0 Å². The van der Waals surface area contributed by atoms with E-state index in [1.807, 2.05) is 0 Å². The Kier molecular flexibility index (Phi) is 7.17. The first-order valence-electron chi connectivity index (χ1n) is 8.48. The summed E-state index contributed by atoms with van der Waals surface area (Å²) < 4.78 is 9.96. The van der Waals surface area contributed by atoms with E-state index in [2.05, 4.69) is 0 Å². The predicted molar refractivity (Wildman–Crippen MR) is 103 cm³/mol. The van der Waals surface area contributed by atoms with Gasteiger partial charge >= 0.3 is 0 Å². The van der Waals surface area contributed by atoms with Gasteiger partial charge in [0.05, 0.1) is 26.7 Å². The molecule has 0 bridgehead atoms. The molecule has 7 nitrogen and oxygen atoms in total. The van der Waals surface area contributed by atoms with Crippen molar-refractivity contribution in [3.63, 3.8) is 0 Å². The average Bonchev–Trinajstić information content (AvgIpc) is 2.67. The highest BCUT2D eigenvalue weighted by molar-refractivity contribution is 6.06. The van der Waals surface area contributed by atoms with Crippen LogP contribution in [-0.4, -0.2) is 41.1 Å². The first-order chi connectivity index (χ1) is 13.3. The smallest absolute Gasteiger partial charge is 0.163 e. The van der Waals surface area contributed by atoms with Crippen molar-refractivity contribution < 1.29 is 34.4 Å². The van der Waals surface area contributed by atoms with Crippen LogP contribution in [0.25, 0.3) is 6.08 Å². The van der Waals surface area contributed by atoms with E-state index in [1.54, 1.807) is 12.1 Å². The zero-order valence-corrected chi connectivity index (χ0v) is 15.6. The van der Waals surface area contributed by atoms with E-state index in [0.717, 1.165) is 0 Å². The first kappa shape index (κ1) is 21.0. The molecule has 0 saturated heterocycles. The Morgan fingerprint density at radius 3 is 2.25 bits per heavy atom. The maximum Gasteiger partial charge on any atom is 0.163 e. The Morgan fingerprint density at radius 2 is 1.61 bits per heavy atom. The van der Waals surface area contributed by atoms with Crippen LogP contribution in [-0.2, 0) is 9.59 Å². The number of carbonyl (C=O) groups excluding carboxylic acids is 2. The van der Waals surface area contributed by atoms with Gasteiger partial charge < -0.3 is 24.8 Å². The molecule has 0 aliphatic heterocycles. The summed E-state index contributed by atoms with van der Waals surface area (Å²) in [6, 6.07) is 8.88. The fourth-order valence-electron chi connectivity index (χ4n) is 2.55. The fraction of sp³-hybridized carbons (Fsp3) is 0.238. The average molecular weight is 386 g/mol. The molecule has 1 atom stereocenters. The second-order valence-corrected chi connectivity index (χ2v) is 6.10. The van der Waals surface area contributed by atoms with Crippen LogP contribution in [0.1, 0.15) is 30.1 Å². The summed E-state index contributed by atoms with van der Waals surface area (Å²) in [7, 11) is 2.80. The molecule has 0 radical (unpaired) electrons. The molecule has 3 N–H and O–H groups in total. The first-order valence-corrected chi connectivity index (χ1v) is 8.48. The molecule has 0 saturated carbocycles. The number of phenolic OH excluding ortho intramolecular Hbond substituents is 2. The Balaban J connectivity index is 1.94. The minimum absolute atomic E-state index is 0.0130. The second-order valence-electron chi connectivity index (χ2n) is 6.10. The van der Waals surface area contributed by atoms with E-state index < -0.39 is 17.7 Å². The molecule has 2 rings (SSSR count).